The van der Waals surface area contributed by atoms with Gasteiger partial charge >= 0.3 is 6.09 Å². The maximum Gasteiger partial charge on any atom is 0.410 e. The van der Waals surface area contributed by atoms with Crippen molar-refractivity contribution in [2.75, 3.05) is 0 Å². The van der Waals surface area contributed by atoms with E-state index in [0.29, 0.717) is 5.92 Å². The molecule has 5 rings (SSSR count). The zero-order valence-electron chi connectivity index (χ0n) is 19.5. The predicted molar refractivity (Wildman–Crippen MR) is 132 cm³/mol. The summed E-state index contributed by atoms with van der Waals surface area (Å²) in [6, 6.07) is 26.1. The van der Waals surface area contributed by atoms with Crippen molar-refractivity contribution in [2.45, 2.75) is 78.5 Å². The average Bonchev–Trinajstić information content (AvgIpc) is 3.39. The van der Waals surface area contributed by atoms with E-state index in [2.05, 4.69) is 72.8 Å². The Hall–Kier alpha value is -2.79. The van der Waals surface area contributed by atoms with Gasteiger partial charge in [-0.2, -0.15) is 0 Å². The van der Waals surface area contributed by atoms with E-state index in [-0.39, 0.29) is 29.1 Å². The van der Waals surface area contributed by atoms with Crippen molar-refractivity contribution in [1.29, 1.82) is 0 Å². The van der Waals surface area contributed by atoms with E-state index in [1.165, 1.54) is 15.4 Å². The molecule has 3 atom stereocenters. The standard InChI is InChI=1S/C28H31N2O2S/c1-28(2,3)32-27(31)30-21-15-16-25(30)24(18-21)20-14-17-26(29-19-20)33(22-10-6-4-7-11-22)23-12-8-5-9-13-23/h4-14,17,19,21,24-25H,15-16,18H2,1-3H3/q+1/t21-,24-,25-/m0/s1. The number of carbonyl (C=O) groups is 1. The molecule has 2 aromatic carbocycles. The number of hydrogen-bond donors (Lipinski definition) is 0. The van der Waals surface area contributed by atoms with Crippen LogP contribution >= 0.6 is 0 Å². The van der Waals surface area contributed by atoms with Gasteiger partial charge in [0.25, 0.3) is 5.03 Å². The second-order valence-corrected chi connectivity index (χ2v) is 11.9. The number of amides is 1. The fraction of sp³-hybridized carbons (Fsp3) is 0.357. The van der Waals surface area contributed by atoms with Gasteiger partial charge < -0.3 is 9.64 Å². The summed E-state index contributed by atoms with van der Waals surface area (Å²) < 4.78 is 5.71. The third-order valence-electron chi connectivity index (χ3n) is 6.50. The predicted octanol–water partition coefficient (Wildman–Crippen LogP) is 6.43. The van der Waals surface area contributed by atoms with Gasteiger partial charge in [-0.3, -0.25) is 0 Å². The van der Waals surface area contributed by atoms with Crippen molar-refractivity contribution in [1.82, 2.24) is 9.88 Å². The number of nitrogens with zero attached hydrogens (tertiary/aromatic N) is 2. The van der Waals surface area contributed by atoms with Gasteiger partial charge in [-0.1, -0.05) is 42.5 Å². The molecule has 0 radical (unpaired) electrons. The van der Waals surface area contributed by atoms with Crippen LogP contribution in [0.1, 0.15) is 51.5 Å². The van der Waals surface area contributed by atoms with Gasteiger partial charge in [0.1, 0.15) is 16.5 Å². The first-order chi connectivity index (χ1) is 15.9. The van der Waals surface area contributed by atoms with E-state index >= 15 is 0 Å². The maximum absolute atomic E-state index is 12.8. The summed E-state index contributed by atoms with van der Waals surface area (Å²) in [5.41, 5.74) is 0.756. The van der Waals surface area contributed by atoms with Crippen LogP contribution in [0, 0.1) is 0 Å². The summed E-state index contributed by atoms with van der Waals surface area (Å²) in [5, 5.41) is 1.07. The molecule has 0 aliphatic carbocycles. The van der Waals surface area contributed by atoms with Gasteiger partial charge in [0, 0.05) is 30.3 Å². The Kier molecular flexibility index (Phi) is 5.92. The highest BCUT2D eigenvalue weighted by Crippen LogP contribution is 2.47. The highest BCUT2D eigenvalue weighted by molar-refractivity contribution is 7.97. The molecule has 3 aromatic rings. The first-order valence-electron chi connectivity index (χ1n) is 11.7. The highest BCUT2D eigenvalue weighted by Gasteiger charge is 2.50. The third-order valence-corrected chi connectivity index (χ3v) is 8.64. The van der Waals surface area contributed by atoms with Crippen LogP contribution in [0.5, 0.6) is 0 Å². The van der Waals surface area contributed by atoms with Crippen molar-refractivity contribution < 1.29 is 9.53 Å². The molecule has 33 heavy (non-hydrogen) atoms. The van der Waals surface area contributed by atoms with Crippen LogP contribution in [-0.4, -0.2) is 33.7 Å². The van der Waals surface area contributed by atoms with Gasteiger partial charge in [0.15, 0.2) is 9.79 Å². The zero-order valence-corrected chi connectivity index (χ0v) is 20.3. The minimum Gasteiger partial charge on any atom is -0.444 e. The molecule has 0 spiro atoms. The quantitative estimate of drug-likeness (QED) is 0.422. The van der Waals surface area contributed by atoms with E-state index in [4.69, 9.17) is 9.72 Å². The fourth-order valence-corrected chi connectivity index (χ4v) is 7.14. The van der Waals surface area contributed by atoms with Gasteiger partial charge in [0.05, 0.1) is 0 Å². The van der Waals surface area contributed by atoms with E-state index in [9.17, 15) is 4.79 Å². The Morgan fingerprint density at radius 1 is 0.939 bits per heavy atom. The Morgan fingerprint density at radius 2 is 1.58 bits per heavy atom. The van der Waals surface area contributed by atoms with Gasteiger partial charge in [-0.25, -0.2) is 9.78 Å². The molecule has 1 aromatic heterocycles. The van der Waals surface area contributed by atoms with Gasteiger partial charge in [-0.15, -0.1) is 0 Å². The molecule has 5 heteroatoms. The molecule has 4 nitrogen and oxygen atoms in total. The lowest BCUT2D eigenvalue weighted by atomic mass is 9.85. The van der Waals surface area contributed by atoms with Crippen molar-refractivity contribution >= 4 is 17.0 Å². The van der Waals surface area contributed by atoms with E-state index in [0.717, 1.165) is 24.3 Å². The van der Waals surface area contributed by atoms with E-state index in [1.54, 1.807) is 0 Å². The lowest BCUT2D eigenvalue weighted by molar-refractivity contribution is 0.0213. The monoisotopic (exact) mass is 459 g/mol. The minimum absolute atomic E-state index is 0.170. The molecular formula is C28H31N2O2S+. The van der Waals surface area contributed by atoms with Crippen molar-refractivity contribution in [3.63, 3.8) is 0 Å². The summed E-state index contributed by atoms with van der Waals surface area (Å²) in [7, 11) is -0.248. The normalized spacial score (nSPS) is 22.1. The molecule has 2 bridgehead atoms. The zero-order chi connectivity index (χ0) is 23.0. The van der Waals surface area contributed by atoms with Crippen molar-refractivity contribution in [2.24, 2.45) is 0 Å². The molecular weight excluding hydrogens is 428 g/mol. The minimum atomic E-state index is -0.470. The summed E-state index contributed by atoms with van der Waals surface area (Å²) >= 11 is 0. The molecule has 0 saturated carbocycles. The van der Waals surface area contributed by atoms with Crippen LogP contribution in [0.25, 0.3) is 0 Å². The topological polar surface area (TPSA) is 42.4 Å². The third kappa shape index (κ3) is 4.51. The van der Waals surface area contributed by atoms with Crippen LogP contribution in [0.15, 0.2) is 93.8 Å². The van der Waals surface area contributed by atoms with Crippen LogP contribution in [0.2, 0.25) is 0 Å². The smallest absolute Gasteiger partial charge is 0.410 e. The highest BCUT2D eigenvalue weighted by atomic mass is 32.2. The maximum atomic E-state index is 12.8. The molecule has 2 aliphatic heterocycles. The molecule has 0 N–H and O–H groups in total. The van der Waals surface area contributed by atoms with E-state index in [1.807, 2.05) is 31.9 Å². The van der Waals surface area contributed by atoms with Gasteiger partial charge in [-0.05, 0) is 69.9 Å². The first kappa shape index (κ1) is 22.0. The SMILES string of the molecule is CC(C)(C)OC(=O)N1[C@H]2CC[C@H]1[C@H](c1ccc([S+](c3ccccc3)c3ccccc3)nc1)C2. The molecule has 2 fully saturated rings. The molecule has 2 aliphatic rings. The molecule has 1 amide bonds. The molecule has 0 unspecified atom stereocenters. The summed E-state index contributed by atoms with van der Waals surface area (Å²) in [6.45, 7) is 5.79. The number of ether oxygens (including phenoxy) is 1. The number of aromatic nitrogens is 1. The first-order valence-corrected chi connectivity index (χ1v) is 12.9. The van der Waals surface area contributed by atoms with Crippen LogP contribution in [-0.2, 0) is 15.6 Å². The number of carbonyl (C=O) groups excluding carboxylic acids is 1. The molecule has 3 heterocycles. The summed E-state index contributed by atoms with van der Waals surface area (Å²) in [6.07, 6.45) is 4.97. The summed E-state index contributed by atoms with van der Waals surface area (Å²) in [5.74, 6) is 0.327. The van der Waals surface area contributed by atoms with Crippen LogP contribution < -0.4 is 0 Å². The number of rotatable bonds is 4. The lowest BCUT2D eigenvalue weighted by Gasteiger charge is -2.28. The Balaban J connectivity index is 1.40. The second-order valence-electron chi connectivity index (χ2n) is 9.89. The largest absolute Gasteiger partial charge is 0.444 e. The van der Waals surface area contributed by atoms with Crippen molar-refractivity contribution in [3.8, 4) is 0 Å². The molecule has 170 valence electrons. The Labute approximate surface area is 199 Å². The number of fused-ring (bicyclic) bond motifs is 2. The fourth-order valence-electron chi connectivity index (χ4n) is 5.17. The lowest BCUT2D eigenvalue weighted by Crippen LogP contribution is -2.40. The Bertz CT molecular complexity index is 1060. The Morgan fingerprint density at radius 3 is 2.12 bits per heavy atom. The van der Waals surface area contributed by atoms with Gasteiger partial charge in [0.2, 0.25) is 0 Å². The van der Waals surface area contributed by atoms with Crippen LogP contribution in [0.4, 0.5) is 4.79 Å². The van der Waals surface area contributed by atoms with Crippen molar-refractivity contribution in [3.05, 3.63) is 84.6 Å². The molecule has 2 saturated heterocycles. The number of benzene rings is 2. The summed E-state index contributed by atoms with van der Waals surface area (Å²) in [4.78, 5) is 22.3. The van der Waals surface area contributed by atoms with E-state index < -0.39 is 5.60 Å². The second kappa shape index (κ2) is 8.86. The number of hydrogen-bond acceptors (Lipinski definition) is 3. The average molecular weight is 460 g/mol. The van der Waals surface area contributed by atoms with Crippen LogP contribution in [0.3, 0.4) is 0 Å². The number of pyridine rings is 1.